The Morgan fingerprint density at radius 1 is 1.18 bits per heavy atom. The number of carbonyl (C=O) groups is 4. The lowest BCUT2D eigenvalue weighted by molar-refractivity contribution is -0.136. The number of rotatable bonds is 5. The molecule has 1 saturated carbocycles. The molecule has 1 aliphatic carbocycles. The monoisotopic (exact) mass is 450 g/mol. The number of amides is 5. The van der Waals surface area contributed by atoms with Crippen LogP contribution in [0.1, 0.15) is 37.7 Å². The molecule has 1 aromatic rings. The van der Waals surface area contributed by atoms with Gasteiger partial charge in [0, 0.05) is 10.2 Å². The molecule has 3 rings (SSSR count). The molecule has 1 heterocycles. The summed E-state index contributed by atoms with van der Waals surface area (Å²) < 4.78 is 0.903. The Morgan fingerprint density at radius 2 is 1.89 bits per heavy atom. The number of hydrogen-bond donors (Lipinski definition) is 3. The smallest absolute Gasteiger partial charge is 0.325 e. The summed E-state index contributed by atoms with van der Waals surface area (Å²) in [5.41, 5.74) is 0.675. The minimum absolute atomic E-state index is 0.247. The average molecular weight is 451 g/mol. The topological polar surface area (TPSA) is 108 Å². The largest absolute Gasteiger partial charge is 0.345 e. The molecule has 0 bridgehead atoms. The second-order valence-corrected chi connectivity index (χ2v) is 8.16. The van der Waals surface area contributed by atoms with E-state index in [1.807, 2.05) is 13.0 Å². The molecule has 5 amide bonds. The first-order valence-corrected chi connectivity index (χ1v) is 10.1. The zero-order chi connectivity index (χ0) is 20.3. The number of aryl methyl sites for hydroxylation is 1. The van der Waals surface area contributed by atoms with Crippen LogP contribution in [0.25, 0.3) is 0 Å². The lowest BCUT2D eigenvalue weighted by Crippen LogP contribution is -2.49. The van der Waals surface area contributed by atoms with E-state index < -0.39 is 24.0 Å². The SMILES string of the molecule is Cc1cc(Br)ccc1NC(=O)CNC(=O)CN1C(=O)NC2(CCCCC2)C1=O. The summed E-state index contributed by atoms with van der Waals surface area (Å²) in [4.78, 5) is 50.0. The standard InChI is InChI=1S/C19H23BrN4O4/c1-12-9-13(20)5-6-14(12)22-15(25)10-21-16(26)11-24-17(27)19(23-18(24)28)7-3-2-4-8-19/h5-6,9H,2-4,7-8,10-11H2,1H3,(H,21,26)(H,22,25)(H,23,28). The number of nitrogens with one attached hydrogen (secondary N) is 3. The van der Waals surface area contributed by atoms with Crippen molar-refractivity contribution in [2.75, 3.05) is 18.4 Å². The number of nitrogens with zero attached hydrogens (tertiary/aromatic N) is 1. The van der Waals surface area contributed by atoms with Crippen LogP contribution in [0.3, 0.4) is 0 Å². The Hall–Kier alpha value is -2.42. The minimum atomic E-state index is -0.855. The zero-order valence-electron chi connectivity index (χ0n) is 15.6. The number of halogens is 1. The molecule has 1 aromatic carbocycles. The summed E-state index contributed by atoms with van der Waals surface area (Å²) in [6.45, 7) is 1.22. The highest BCUT2D eigenvalue weighted by molar-refractivity contribution is 9.10. The molecule has 1 spiro atoms. The molecular formula is C19H23BrN4O4. The maximum atomic E-state index is 12.7. The molecule has 0 unspecified atom stereocenters. The van der Waals surface area contributed by atoms with Gasteiger partial charge in [-0.15, -0.1) is 0 Å². The molecule has 28 heavy (non-hydrogen) atoms. The summed E-state index contributed by atoms with van der Waals surface area (Å²) in [6.07, 6.45) is 4.00. The molecule has 0 radical (unpaired) electrons. The van der Waals surface area contributed by atoms with Gasteiger partial charge in [0.2, 0.25) is 11.8 Å². The molecule has 2 aliphatic rings. The van der Waals surface area contributed by atoms with E-state index in [0.29, 0.717) is 18.5 Å². The van der Waals surface area contributed by atoms with E-state index in [-0.39, 0.29) is 18.4 Å². The molecule has 2 fully saturated rings. The maximum Gasteiger partial charge on any atom is 0.325 e. The number of carbonyl (C=O) groups excluding carboxylic acids is 4. The first-order chi connectivity index (χ1) is 13.3. The van der Waals surface area contributed by atoms with Crippen molar-refractivity contribution in [1.29, 1.82) is 0 Å². The van der Waals surface area contributed by atoms with Crippen LogP contribution in [0.4, 0.5) is 10.5 Å². The Labute approximate surface area is 171 Å². The van der Waals surface area contributed by atoms with Crippen LogP contribution in [0.2, 0.25) is 0 Å². The van der Waals surface area contributed by atoms with Crippen LogP contribution < -0.4 is 16.0 Å². The van der Waals surface area contributed by atoms with E-state index in [1.165, 1.54) is 0 Å². The molecule has 8 nitrogen and oxygen atoms in total. The Bertz CT molecular complexity index is 820. The van der Waals surface area contributed by atoms with E-state index in [9.17, 15) is 19.2 Å². The third-order valence-corrected chi connectivity index (χ3v) is 5.66. The van der Waals surface area contributed by atoms with Crippen LogP contribution in [0.15, 0.2) is 22.7 Å². The molecule has 9 heteroatoms. The van der Waals surface area contributed by atoms with Crippen molar-refractivity contribution >= 4 is 45.4 Å². The normalized spacial score (nSPS) is 18.1. The van der Waals surface area contributed by atoms with Crippen molar-refractivity contribution in [3.8, 4) is 0 Å². The molecule has 0 atom stereocenters. The lowest BCUT2D eigenvalue weighted by Gasteiger charge is -2.30. The maximum absolute atomic E-state index is 12.7. The van der Waals surface area contributed by atoms with E-state index in [4.69, 9.17) is 0 Å². The molecule has 1 saturated heterocycles. The highest BCUT2D eigenvalue weighted by atomic mass is 79.9. The van der Waals surface area contributed by atoms with Gasteiger partial charge in [-0.05, 0) is 43.5 Å². The third kappa shape index (κ3) is 4.35. The number of hydrogen-bond acceptors (Lipinski definition) is 4. The van der Waals surface area contributed by atoms with Crippen molar-refractivity contribution in [3.63, 3.8) is 0 Å². The van der Waals surface area contributed by atoms with E-state index in [2.05, 4.69) is 31.9 Å². The second kappa shape index (κ2) is 8.30. The Morgan fingerprint density at radius 3 is 2.57 bits per heavy atom. The Balaban J connectivity index is 1.50. The van der Waals surface area contributed by atoms with Crippen molar-refractivity contribution < 1.29 is 19.2 Å². The van der Waals surface area contributed by atoms with Crippen molar-refractivity contribution in [2.45, 2.75) is 44.6 Å². The van der Waals surface area contributed by atoms with Gasteiger partial charge < -0.3 is 16.0 Å². The fourth-order valence-corrected chi connectivity index (χ4v) is 4.13. The van der Waals surface area contributed by atoms with Gasteiger partial charge in [0.15, 0.2) is 0 Å². The van der Waals surface area contributed by atoms with Gasteiger partial charge in [-0.1, -0.05) is 35.2 Å². The summed E-state index contributed by atoms with van der Waals surface area (Å²) in [5.74, 6) is -1.29. The highest BCUT2D eigenvalue weighted by Gasteiger charge is 2.51. The van der Waals surface area contributed by atoms with E-state index in [0.717, 1.165) is 34.2 Å². The molecule has 1 aliphatic heterocycles. The van der Waals surface area contributed by atoms with Crippen LogP contribution in [0, 0.1) is 6.92 Å². The number of imide groups is 1. The highest BCUT2D eigenvalue weighted by Crippen LogP contribution is 2.33. The van der Waals surface area contributed by atoms with Gasteiger partial charge in [0.1, 0.15) is 12.1 Å². The second-order valence-electron chi connectivity index (χ2n) is 7.25. The Kier molecular flexibility index (Phi) is 6.02. The predicted molar refractivity (Wildman–Crippen MR) is 107 cm³/mol. The van der Waals surface area contributed by atoms with Crippen molar-refractivity contribution in [2.24, 2.45) is 0 Å². The number of urea groups is 1. The van der Waals surface area contributed by atoms with E-state index in [1.54, 1.807) is 12.1 Å². The van der Waals surface area contributed by atoms with Crippen molar-refractivity contribution in [3.05, 3.63) is 28.2 Å². The fourth-order valence-electron chi connectivity index (χ4n) is 3.65. The molecule has 3 N–H and O–H groups in total. The average Bonchev–Trinajstić information content (AvgIpc) is 2.87. The lowest BCUT2D eigenvalue weighted by atomic mass is 9.82. The first-order valence-electron chi connectivity index (χ1n) is 9.27. The van der Waals surface area contributed by atoms with E-state index >= 15 is 0 Å². The summed E-state index contributed by atoms with van der Waals surface area (Å²) >= 11 is 3.36. The van der Waals surface area contributed by atoms with Gasteiger partial charge in [0.05, 0.1) is 6.54 Å². The van der Waals surface area contributed by atoms with Gasteiger partial charge in [-0.2, -0.15) is 0 Å². The molecular weight excluding hydrogens is 428 g/mol. The first kappa shape index (κ1) is 20.3. The number of anilines is 1. The van der Waals surface area contributed by atoms with Crippen LogP contribution in [-0.2, 0) is 14.4 Å². The van der Waals surface area contributed by atoms with Crippen LogP contribution in [0.5, 0.6) is 0 Å². The minimum Gasteiger partial charge on any atom is -0.345 e. The van der Waals surface area contributed by atoms with Crippen LogP contribution in [-0.4, -0.2) is 47.3 Å². The molecule has 150 valence electrons. The summed E-state index contributed by atoms with van der Waals surface area (Å²) in [5, 5.41) is 7.93. The fraction of sp³-hybridized carbons (Fsp3) is 0.474. The van der Waals surface area contributed by atoms with Gasteiger partial charge in [-0.25, -0.2) is 4.79 Å². The quantitative estimate of drug-likeness (QED) is 0.596. The van der Waals surface area contributed by atoms with Crippen LogP contribution >= 0.6 is 15.9 Å². The van der Waals surface area contributed by atoms with Gasteiger partial charge >= 0.3 is 6.03 Å². The summed E-state index contributed by atoms with van der Waals surface area (Å²) in [7, 11) is 0. The summed E-state index contributed by atoms with van der Waals surface area (Å²) in [6, 6.07) is 4.89. The van der Waals surface area contributed by atoms with Gasteiger partial charge in [0.25, 0.3) is 5.91 Å². The predicted octanol–water partition coefficient (Wildman–Crippen LogP) is 2.07. The third-order valence-electron chi connectivity index (χ3n) is 5.16. The molecule has 0 aromatic heterocycles. The zero-order valence-corrected chi connectivity index (χ0v) is 17.2. The van der Waals surface area contributed by atoms with Crippen molar-refractivity contribution in [1.82, 2.24) is 15.5 Å². The van der Waals surface area contributed by atoms with Gasteiger partial charge in [-0.3, -0.25) is 19.3 Å². The number of benzene rings is 1.